The largest absolute Gasteiger partial charge is 0.276 e. The van der Waals surface area contributed by atoms with E-state index in [1.807, 2.05) is 60.7 Å². The van der Waals surface area contributed by atoms with Crippen molar-refractivity contribution in [2.75, 3.05) is 4.90 Å². The van der Waals surface area contributed by atoms with E-state index in [1.54, 1.807) is 17.0 Å². The SMILES string of the molecule is CCc1ccc(N2C(=O)/C(=C/c3ccc(Cl)cc3Cl)C=C2c2ccccc2)cc1. The zero-order chi connectivity index (χ0) is 20.4. The smallest absolute Gasteiger partial charge is 0.262 e. The molecule has 0 saturated carbocycles. The predicted molar refractivity (Wildman–Crippen MR) is 122 cm³/mol. The molecule has 1 amide bonds. The van der Waals surface area contributed by atoms with Crippen molar-refractivity contribution in [1.29, 1.82) is 0 Å². The fourth-order valence-electron chi connectivity index (χ4n) is 3.36. The Hall–Kier alpha value is -2.81. The summed E-state index contributed by atoms with van der Waals surface area (Å²) in [6, 6.07) is 23.3. The number of amides is 1. The van der Waals surface area contributed by atoms with E-state index in [2.05, 4.69) is 19.1 Å². The van der Waals surface area contributed by atoms with Crippen LogP contribution in [0.15, 0.2) is 84.4 Å². The first kappa shape index (κ1) is 19.5. The Kier molecular flexibility index (Phi) is 5.57. The molecule has 0 aliphatic carbocycles. The number of rotatable bonds is 4. The summed E-state index contributed by atoms with van der Waals surface area (Å²) in [5, 5.41) is 1.08. The molecule has 0 saturated heterocycles. The number of nitrogens with zero attached hydrogens (tertiary/aromatic N) is 1. The van der Waals surface area contributed by atoms with Crippen LogP contribution in [0.3, 0.4) is 0 Å². The molecule has 0 radical (unpaired) electrons. The summed E-state index contributed by atoms with van der Waals surface area (Å²) in [5.74, 6) is -0.0841. The van der Waals surface area contributed by atoms with Crippen molar-refractivity contribution in [2.45, 2.75) is 13.3 Å². The first-order valence-electron chi connectivity index (χ1n) is 9.44. The summed E-state index contributed by atoms with van der Waals surface area (Å²) in [5.41, 5.74) is 5.23. The van der Waals surface area contributed by atoms with Crippen LogP contribution in [-0.4, -0.2) is 5.91 Å². The number of aryl methyl sites for hydroxylation is 1. The standard InChI is InChI=1S/C25H19Cl2NO/c1-2-17-8-12-22(13-9-17)28-24(18-6-4-3-5-7-18)15-20(25(28)29)14-19-10-11-21(26)16-23(19)27/h3-16H,2H2,1H3/b20-14+. The maximum absolute atomic E-state index is 13.4. The third-order valence-electron chi connectivity index (χ3n) is 4.93. The van der Waals surface area contributed by atoms with E-state index in [0.717, 1.165) is 28.9 Å². The molecular weight excluding hydrogens is 401 g/mol. The maximum atomic E-state index is 13.4. The van der Waals surface area contributed by atoms with Crippen molar-refractivity contribution in [2.24, 2.45) is 0 Å². The number of carbonyl (C=O) groups excluding carboxylic acids is 1. The molecule has 0 bridgehead atoms. The van der Waals surface area contributed by atoms with Crippen LogP contribution in [0.5, 0.6) is 0 Å². The van der Waals surface area contributed by atoms with Crippen LogP contribution in [-0.2, 0) is 11.2 Å². The Bertz CT molecular complexity index is 1120. The fourth-order valence-corrected chi connectivity index (χ4v) is 3.82. The van der Waals surface area contributed by atoms with E-state index < -0.39 is 0 Å². The van der Waals surface area contributed by atoms with Gasteiger partial charge in [0.1, 0.15) is 0 Å². The highest BCUT2D eigenvalue weighted by Crippen LogP contribution is 2.36. The summed E-state index contributed by atoms with van der Waals surface area (Å²) in [4.78, 5) is 15.1. The molecule has 0 atom stereocenters. The van der Waals surface area contributed by atoms with Crippen LogP contribution in [0.2, 0.25) is 10.0 Å². The van der Waals surface area contributed by atoms with Gasteiger partial charge in [0.05, 0.1) is 5.70 Å². The lowest BCUT2D eigenvalue weighted by Crippen LogP contribution is -2.24. The van der Waals surface area contributed by atoms with E-state index in [-0.39, 0.29) is 5.91 Å². The van der Waals surface area contributed by atoms with Crippen molar-refractivity contribution >= 4 is 46.6 Å². The minimum Gasteiger partial charge on any atom is -0.276 e. The van der Waals surface area contributed by atoms with Gasteiger partial charge in [-0.3, -0.25) is 9.69 Å². The lowest BCUT2D eigenvalue weighted by Gasteiger charge is -2.21. The highest BCUT2D eigenvalue weighted by molar-refractivity contribution is 6.35. The van der Waals surface area contributed by atoms with Gasteiger partial charge in [0, 0.05) is 21.3 Å². The Morgan fingerprint density at radius 1 is 0.931 bits per heavy atom. The van der Waals surface area contributed by atoms with Crippen LogP contribution >= 0.6 is 23.2 Å². The molecule has 144 valence electrons. The molecule has 0 N–H and O–H groups in total. The van der Waals surface area contributed by atoms with E-state index in [0.29, 0.717) is 15.6 Å². The number of benzene rings is 3. The summed E-state index contributed by atoms with van der Waals surface area (Å²) >= 11 is 12.3. The molecule has 0 aromatic heterocycles. The van der Waals surface area contributed by atoms with Crippen LogP contribution < -0.4 is 4.90 Å². The summed E-state index contributed by atoms with van der Waals surface area (Å²) < 4.78 is 0. The third-order valence-corrected chi connectivity index (χ3v) is 5.49. The summed E-state index contributed by atoms with van der Waals surface area (Å²) in [6.45, 7) is 2.11. The second kappa shape index (κ2) is 8.28. The van der Waals surface area contributed by atoms with Crippen LogP contribution in [0.25, 0.3) is 11.8 Å². The van der Waals surface area contributed by atoms with Gasteiger partial charge >= 0.3 is 0 Å². The zero-order valence-electron chi connectivity index (χ0n) is 15.9. The molecule has 4 heteroatoms. The Morgan fingerprint density at radius 3 is 2.31 bits per heavy atom. The number of hydrogen-bond acceptors (Lipinski definition) is 1. The number of hydrogen-bond donors (Lipinski definition) is 0. The van der Waals surface area contributed by atoms with Crippen molar-refractivity contribution in [3.8, 4) is 0 Å². The van der Waals surface area contributed by atoms with Crippen molar-refractivity contribution in [3.05, 3.63) is 111 Å². The minimum atomic E-state index is -0.0841. The van der Waals surface area contributed by atoms with Gasteiger partial charge in [0.25, 0.3) is 5.91 Å². The number of halogens is 2. The topological polar surface area (TPSA) is 20.3 Å². The molecule has 0 spiro atoms. The van der Waals surface area contributed by atoms with Gasteiger partial charge in [-0.1, -0.05) is 78.7 Å². The Morgan fingerprint density at radius 2 is 1.66 bits per heavy atom. The van der Waals surface area contributed by atoms with Crippen LogP contribution in [0.1, 0.15) is 23.6 Å². The van der Waals surface area contributed by atoms with Gasteiger partial charge in [0.15, 0.2) is 0 Å². The molecule has 1 aliphatic heterocycles. The molecule has 4 rings (SSSR count). The molecule has 0 fully saturated rings. The minimum absolute atomic E-state index is 0.0841. The molecular formula is C25H19Cl2NO. The molecule has 0 unspecified atom stereocenters. The molecule has 3 aromatic carbocycles. The van der Waals surface area contributed by atoms with Gasteiger partial charge in [-0.25, -0.2) is 0 Å². The highest BCUT2D eigenvalue weighted by Gasteiger charge is 2.30. The second-order valence-corrected chi connectivity index (χ2v) is 7.67. The van der Waals surface area contributed by atoms with Crippen molar-refractivity contribution in [1.82, 2.24) is 0 Å². The average molecular weight is 420 g/mol. The van der Waals surface area contributed by atoms with Gasteiger partial charge in [-0.05, 0) is 59.5 Å². The van der Waals surface area contributed by atoms with E-state index in [1.165, 1.54) is 5.56 Å². The number of anilines is 1. The third kappa shape index (κ3) is 4.00. The summed E-state index contributed by atoms with van der Waals surface area (Å²) in [7, 11) is 0. The average Bonchev–Trinajstić information content (AvgIpc) is 3.07. The molecule has 1 heterocycles. The fraction of sp³-hybridized carbons (Fsp3) is 0.0800. The predicted octanol–water partition coefficient (Wildman–Crippen LogP) is 7.03. The Balaban J connectivity index is 1.81. The van der Waals surface area contributed by atoms with Gasteiger partial charge < -0.3 is 0 Å². The molecule has 1 aliphatic rings. The quantitative estimate of drug-likeness (QED) is 0.415. The monoisotopic (exact) mass is 419 g/mol. The lowest BCUT2D eigenvalue weighted by molar-refractivity contribution is -0.113. The van der Waals surface area contributed by atoms with Gasteiger partial charge in [-0.15, -0.1) is 0 Å². The highest BCUT2D eigenvalue weighted by atomic mass is 35.5. The first-order chi connectivity index (χ1) is 14.1. The first-order valence-corrected chi connectivity index (χ1v) is 10.2. The van der Waals surface area contributed by atoms with Crippen LogP contribution in [0.4, 0.5) is 5.69 Å². The lowest BCUT2D eigenvalue weighted by atomic mass is 10.1. The van der Waals surface area contributed by atoms with Crippen LogP contribution in [0, 0.1) is 0 Å². The van der Waals surface area contributed by atoms with Gasteiger partial charge in [-0.2, -0.15) is 0 Å². The van der Waals surface area contributed by atoms with E-state index >= 15 is 0 Å². The normalized spacial score (nSPS) is 15.1. The van der Waals surface area contributed by atoms with Crippen molar-refractivity contribution in [3.63, 3.8) is 0 Å². The van der Waals surface area contributed by atoms with Crippen molar-refractivity contribution < 1.29 is 4.79 Å². The summed E-state index contributed by atoms with van der Waals surface area (Å²) in [6.07, 6.45) is 4.68. The molecule has 2 nitrogen and oxygen atoms in total. The maximum Gasteiger partial charge on any atom is 0.262 e. The Labute approximate surface area is 180 Å². The molecule has 29 heavy (non-hydrogen) atoms. The van der Waals surface area contributed by atoms with E-state index in [9.17, 15) is 4.79 Å². The number of carbonyl (C=O) groups is 1. The molecule has 3 aromatic rings. The second-order valence-electron chi connectivity index (χ2n) is 6.82. The van der Waals surface area contributed by atoms with Gasteiger partial charge in [0.2, 0.25) is 0 Å². The zero-order valence-corrected chi connectivity index (χ0v) is 17.4. The van der Waals surface area contributed by atoms with E-state index in [4.69, 9.17) is 23.2 Å².